The molecule has 4 aliphatic rings. The molecule has 1 aromatic rings. The molecule has 0 saturated heterocycles. The van der Waals surface area contributed by atoms with Crippen LogP contribution in [0, 0.1) is 17.3 Å². The van der Waals surface area contributed by atoms with E-state index in [0.717, 1.165) is 17.3 Å². The van der Waals surface area contributed by atoms with Gasteiger partial charge in [0.2, 0.25) is 0 Å². The second kappa shape index (κ2) is 8.30. The molecule has 4 saturated carbocycles. The van der Waals surface area contributed by atoms with Gasteiger partial charge in [-0.25, -0.2) is 0 Å². The molecule has 2 bridgehead atoms. The zero-order valence-electron chi connectivity index (χ0n) is 18.1. The van der Waals surface area contributed by atoms with Gasteiger partial charge in [-0.2, -0.15) is 0 Å². The molecular weight excluding hydrogens is 324 g/mol. The molecule has 0 spiro atoms. The minimum Gasteiger partial charge on any atom is -0.0654 e. The minimum absolute atomic E-state index is 0.532. The van der Waals surface area contributed by atoms with Crippen LogP contribution in [0.2, 0.25) is 0 Å². The van der Waals surface area contributed by atoms with Gasteiger partial charge in [-0.3, -0.25) is 0 Å². The van der Waals surface area contributed by atoms with Crippen molar-refractivity contribution in [3.05, 3.63) is 35.4 Å². The van der Waals surface area contributed by atoms with Gasteiger partial charge in [-0.15, -0.1) is 0 Å². The van der Waals surface area contributed by atoms with Gasteiger partial charge in [0, 0.05) is 0 Å². The van der Waals surface area contributed by atoms with E-state index in [-0.39, 0.29) is 0 Å². The van der Waals surface area contributed by atoms with Crippen LogP contribution in [0.4, 0.5) is 0 Å². The molecule has 0 nitrogen and oxygen atoms in total. The van der Waals surface area contributed by atoms with E-state index in [2.05, 4.69) is 38.1 Å². The Morgan fingerprint density at radius 1 is 0.778 bits per heavy atom. The Labute approximate surface area is 168 Å². The van der Waals surface area contributed by atoms with Crippen LogP contribution >= 0.6 is 0 Å². The standard InChI is InChI=1S/C27H42/c1-3-5-7-23-10-14-25(15-11-23)27-19-16-26(17-20-27,18-21-27)24-12-8-22(6-4-2)9-13-24/h10-11,14-15,22,24H,3-9,12-13,16-21H2,1-2H3. The maximum Gasteiger partial charge on any atom is -0.00463 e. The number of benzene rings is 1. The lowest BCUT2D eigenvalue weighted by Crippen LogP contribution is -2.48. The Kier molecular flexibility index (Phi) is 6.00. The van der Waals surface area contributed by atoms with Crippen LogP contribution in [0.5, 0.6) is 0 Å². The lowest BCUT2D eigenvalue weighted by molar-refractivity contribution is -0.0294. The molecule has 27 heavy (non-hydrogen) atoms. The third-order valence-corrected chi connectivity index (χ3v) is 9.10. The molecule has 4 aliphatic carbocycles. The molecule has 1 aromatic carbocycles. The van der Waals surface area contributed by atoms with Crippen LogP contribution in [0.15, 0.2) is 24.3 Å². The van der Waals surface area contributed by atoms with Crippen LogP contribution in [-0.2, 0) is 11.8 Å². The Morgan fingerprint density at radius 3 is 1.96 bits per heavy atom. The first-order valence-corrected chi connectivity index (χ1v) is 12.3. The van der Waals surface area contributed by atoms with Crippen molar-refractivity contribution in [2.45, 2.75) is 116 Å². The predicted molar refractivity (Wildman–Crippen MR) is 117 cm³/mol. The van der Waals surface area contributed by atoms with Crippen molar-refractivity contribution < 1.29 is 0 Å². The quantitative estimate of drug-likeness (QED) is 0.456. The summed E-state index contributed by atoms with van der Waals surface area (Å²) in [5.74, 6) is 2.11. The zero-order chi connectivity index (χ0) is 18.7. The molecule has 150 valence electrons. The van der Waals surface area contributed by atoms with Gasteiger partial charge in [0.1, 0.15) is 0 Å². The molecule has 0 N–H and O–H groups in total. The van der Waals surface area contributed by atoms with Crippen molar-refractivity contribution in [1.82, 2.24) is 0 Å². The predicted octanol–water partition coefficient (Wildman–Crippen LogP) is 8.23. The van der Waals surface area contributed by atoms with Gasteiger partial charge in [-0.05, 0) is 98.0 Å². The lowest BCUT2D eigenvalue weighted by atomic mass is 9.47. The maximum atomic E-state index is 2.50. The topological polar surface area (TPSA) is 0 Å². The number of hydrogen-bond acceptors (Lipinski definition) is 0. The van der Waals surface area contributed by atoms with Crippen molar-refractivity contribution in [1.29, 1.82) is 0 Å². The summed E-state index contributed by atoms with van der Waals surface area (Å²) in [7, 11) is 0. The Morgan fingerprint density at radius 2 is 1.41 bits per heavy atom. The Hall–Kier alpha value is -0.780. The third kappa shape index (κ3) is 3.88. The van der Waals surface area contributed by atoms with Gasteiger partial charge < -0.3 is 0 Å². The highest BCUT2D eigenvalue weighted by Gasteiger charge is 2.52. The average Bonchev–Trinajstić information content (AvgIpc) is 2.75. The highest BCUT2D eigenvalue weighted by Crippen LogP contribution is 2.62. The van der Waals surface area contributed by atoms with Crippen LogP contribution in [0.25, 0.3) is 0 Å². The van der Waals surface area contributed by atoms with Gasteiger partial charge in [-0.1, -0.05) is 70.2 Å². The molecule has 0 atom stereocenters. The lowest BCUT2D eigenvalue weighted by Gasteiger charge is -2.58. The summed E-state index contributed by atoms with van der Waals surface area (Å²) in [6.45, 7) is 4.66. The number of rotatable bonds is 7. The van der Waals surface area contributed by atoms with Gasteiger partial charge in [0.25, 0.3) is 0 Å². The van der Waals surface area contributed by atoms with E-state index in [1.54, 1.807) is 24.0 Å². The average molecular weight is 367 g/mol. The monoisotopic (exact) mass is 366 g/mol. The van der Waals surface area contributed by atoms with E-state index in [1.165, 1.54) is 83.5 Å². The summed E-state index contributed by atoms with van der Waals surface area (Å²) >= 11 is 0. The molecule has 0 amide bonds. The number of hydrogen-bond donors (Lipinski definition) is 0. The van der Waals surface area contributed by atoms with E-state index in [4.69, 9.17) is 0 Å². The fraction of sp³-hybridized carbons (Fsp3) is 0.778. The summed E-state index contributed by atoms with van der Waals surface area (Å²) in [6.07, 6.45) is 21.9. The van der Waals surface area contributed by atoms with Gasteiger partial charge in [0.15, 0.2) is 0 Å². The molecule has 0 radical (unpaired) electrons. The molecule has 4 fully saturated rings. The molecule has 0 heterocycles. The first-order valence-electron chi connectivity index (χ1n) is 12.3. The van der Waals surface area contributed by atoms with Crippen molar-refractivity contribution in [2.75, 3.05) is 0 Å². The maximum absolute atomic E-state index is 2.50. The number of unbranched alkanes of at least 4 members (excludes halogenated alkanes) is 1. The van der Waals surface area contributed by atoms with E-state index < -0.39 is 0 Å². The van der Waals surface area contributed by atoms with E-state index >= 15 is 0 Å². The molecule has 0 aliphatic heterocycles. The minimum atomic E-state index is 0.532. The summed E-state index contributed by atoms with van der Waals surface area (Å²) < 4.78 is 0. The molecule has 0 heteroatoms. The van der Waals surface area contributed by atoms with Crippen molar-refractivity contribution in [2.24, 2.45) is 17.3 Å². The highest BCUT2D eigenvalue weighted by molar-refractivity contribution is 5.31. The first-order chi connectivity index (χ1) is 13.2. The molecule has 5 rings (SSSR count). The summed E-state index contributed by atoms with van der Waals surface area (Å²) in [6, 6.07) is 9.87. The SMILES string of the molecule is CCCCc1ccc(C23CCC(C4CCC(CCC)CC4)(CC2)CC3)cc1. The summed E-state index contributed by atoms with van der Waals surface area (Å²) in [5, 5.41) is 0. The fourth-order valence-corrected chi connectivity index (χ4v) is 7.14. The zero-order valence-corrected chi connectivity index (χ0v) is 18.1. The second-order valence-electron chi connectivity index (χ2n) is 10.4. The molecule has 0 aromatic heterocycles. The Balaban J connectivity index is 1.38. The van der Waals surface area contributed by atoms with Crippen molar-refractivity contribution in [3.8, 4) is 0 Å². The van der Waals surface area contributed by atoms with Crippen LogP contribution in [0.3, 0.4) is 0 Å². The first kappa shape index (κ1) is 19.5. The largest absolute Gasteiger partial charge is 0.0654 e. The van der Waals surface area contributed by atoms with Crippen molar-refractivity contribution >= 4 is 0 Å². The molecular formula is C27H42. The number of aryl methyl sites for hydroxylation is 1. The number of fused-ring (bicyclic) bond motifs is 3. The van der Waals surface area contributed by atoms with Gasteiger partial charge in [0.05, 0.1) is 0 Å². The van der Waals surface area contributed by atoms with Crippen molar-refractivity contribution in [3.63, 3.8) is 0 Å². The summed E-state index contributed by atoms with van der Waals surface area (Å²) in [4.78, 5) is 0. The van der Waals surface area contributed by atoms with Crippen LogP contribution < -0.4 is 0 Å². The van der Waals surface area contributed by atoms with Crippen LogP contribution in [0.1, 0.15) is 115 Å². The molecule has 0 unspecified atom stereocenters. The highest BCUT2D eigenvalue weighted by atomic mass is 14.6. The Bertz CT molecular complexity index is 562. The van der Waals surface area contributed by atoms with Gasteiger partial charge >= 0.3 is 0 Å². The van der Waals surface area contributed by atoms with E-state index in [9.17, 15) is 0 Å². The normalized spacial score (nSPS) is 36.1. The van der Waals surface area contributed by atoms with E-state index in [0.29, 0.717) is 5.41 Å². The smallest absolute Gasteiger partial charge is 0.00463 e. The summed E-state index contributed by atoms with van der Waals surface area (Å²) in [5.41, 5.74) is 4.48. The third-order valence-electron chi connectivity index (χ3n) is 9.10. The van der Waals surface area contributed by atoms with Crippen LogP contribution in [-0.4, -0.2) is 0 Å². The van der Waals surface area contributed by atoms with E-state index in [1.807, 2.05) is 0 Å². The second-order valence-corrected chi connectivity index (χ2v) is 10.4. The fourth-order valence-electron chi connectivity index (χ4n) is 7.14.